The number of hydrogen-bond donors (Lipinski definition) is 2. The molecule has 0 fully saturated rings. The molecule has 0 unspecified atom stereocenters. The predicted octanol–water partition coefficient (Wildman–Crippen LogP) is 4.59. The van der Waals surface area contributed by atoms with E-state index in [0.717, 1.165) is 31.2 Å². The number of anilines is 1. The van der Waals surface area contributed by atoms with Crippen LogP contribution in [0.25, 0.3) is 0 Å². The average molecular weight is 527 g/mol. The first-order chi connectivity index (χ1) is 17.0. The topological polar surface area (TPSA) is 113 Å². The molecule has 0 radical (unpaired) electrons. The van der Waals surface area contributed by atoms with Gasteiger partial charge in [-0.1, -0.05) is 41.6 Å². The van der Waals surface area contributed by atoms with Crippen molar-refractivity contribution in [3.8, 4) is 6.07 Å². The zero-order chi connectivity index (χ0) is 24.8. The zero-order valence-electron chi connectivity index (χ0n) is 18.8. The van der Waals surface area contributed by atoms with Crippen molar-refractivity contribution in [2.45, 2.75) is 43.9 Å². The molecular weight excluding hydrogens is 504 g/mol. The fraction of sp³-hybridized carbons (Fsp3) is 0.292. The number of nitriles is 1. The quantitative estimate of drug-likeness (QED) is 0.311. The van der Waals surface area contributed by atoms with Gasteiger partial charge in [0.25, 0.3) is 5.91 Å². The number of amides is 2. The SMILES string of the molecule is C=CCn1c(CNC(=O)c2ccccc2Cl)nnc1SCC(=O)Nc1sc2c(c1C#N)CCCC2. The van der Waals surface area contributed by atoms with Gasteiger partial charge in [-0.05, 0) is 43.4 Å². The first-order valence-corrected chi connectivity index (χ1v) is 13.2. The van der Waals surface area contributed by atoms with E-state index in [9.17, 15) is 14.9 Å². The maximum atomic E-state index is 12.7. The van der Waals surface area contributed by atoms with E-state index < -0.39 is 0 Å². The van der Waals surface area contributed by atoms with Gasteiger partial charge in [-0.2, -0.15) is 5.26 Å². The van der Waals surface area contributed by atoms with Crippen LogP contribution < -0.4 is 10.6 Å². The third kappa shape index (κ3) is 5.75. The molecule has 3 aromatic rings. The van der Waals surface area contributed by atoms with Gasteiger partial charge in [-0.15, -0.1) is 28.1 Å². The van der Waals surface area contributed by atoms with Crippen molar-refractivity contribution in [1.82, 2.24) is 20.1 Å². The number of aryl methyl sites for hydroxylation is 1. The summed E-state index contributed by atoms with van der Waals surface area (Å²) in [7, 11) is 0. The molecule has 0 spiro atoms. The molecule has 180 valence electrons. The lowest BCUT2D eigenvalue weighted by Gasteiger charge is -2.10. The lowest BCUT2D eigenvalue weighted by Crippen LogP contribution is -2.25. The summed E-state index contributed by atoms with van der Waals surface area (Å²) >= 11 is 8.83. The molecule has 2 amide bonds. The van der Waals surface area contributed by atoms with E-state index in [1.807, 2.05) is 0 Å². The van der Waals surface area contributed by atoms with Crippen molar-refractivity contribution in [1.29, 1.82) is 5.26 Å². The molecule has 1 aliphatic rings. The van der Waals surface area contributed by atoms with Crippen LogP contribution in [0.15, 0.2) is 42.1 Å². The maximum absolute atomic E-state index is 12.7. The third-order valence-corrected chi connectivity index (χ3v) is 8.00. The largest absolute Gasteiger partial charge is 0.345 e. The molecule has 0 saturated carbocycles. The summed E-state index contributed by atoms with van der Waals surface area (Å²) in [6.45, 7) is 4.34. The number of halogens is 1. The number of rotatable bonds is 9. The second-order valence-electron chi connectivity index (χ2n) is 7.82. The van der Waals surface area contributed by atoms with Crippen LogP contribution in [0.4, 0.5) is 5.00 Å². The number of nitrogens with one attached hydrogen (secondary N) is 2. The maximum Gasteiger partial charge on any atom is 0.253 e. The van der Waals surface area contributed by atoms with Gasteiger partial charge in [0.2, 0.25) is 5.91 Å². The Labute approximate surface area is 216 Å². The van der Waals surface area contributed by atoms with Gasteiger partial charge < -0.3 is 15.2 Å². The van der Waals surface area contributed by atoms with Gasteiger partial charge in [0.05, 0.1) is 28.4 Å². The Balaban J connectivity index is 1.39. The standard InChI is InChI=1S/C24H23ClN6O2S2/c1-2-11-31-20(13-27-22(33)16-8-3-5-9-18(16)25)29-30-24(31)34-14-21(32)28-23-17(12-26)15-7-4-6-10-19(15)35-23/h2-3,5,8-9H,1,4,6-7,10-11,13-14H2,(H,27,33)(H,28,32). The average Bonchev–Trinajstić information content (AvgIpc) is 3.41. The summed E-state index contributed by atoms with van der Waals surface area (Å²) < 4.78 is 1.79. The fourth-order valence-corrected chi connectivity index (χ4v) is 6.08. The van der Waals surface area contributed by atoms with Crippen LogP contribution in [-0.4, -0.2) is 32.3 Å². The number of aromatic nitrogens is 3. The molecule has 2 N–H and O–H groups in total. The molecule has 11 heteroatoms. The second kappa shape index (κ2) is 11.5. The minimum Gasteiger partial charge on any atom is -0.345 e. The van der Waals surface area contributed by atoms with E-state index in [1.54, 1.807) is 34.9 Å². The number of thiophene rings is 1. The van der Waals surface area contributed by atoms with Crippen molar-refractivity contribution in [3.05, 3.63) is 69.3 Å². The van der Waals surface area contributed by atoms with Crippen LogP contribution >= 0.6 is 34.7 Å². The smallest absolute Gasteiger partial charge is 0.253 e. The van der Waals surface area contributed by atoms with Crippen LogP contribution in [0.2, 0.25) is 5.02 Å². The van der Waals surface area contributed by atoms with E-state index in [2.05, 4.69) is 33.5 Å². The third-order valence-electron chi connectivity index (χ3n) is 5.50. The summed E-state index contributed by atoms with van der Waals surface area (Å²) in [5.41, 5.74) is 2.05. The van der Waals surface area contributed by atoms with E-state index in [-0.39, 0.29) is 24.1 Å². The van der Waals surface area contributed by atoms with Crippen LogP contribution in [0, 0.1) is 11.3 Å². The number of nitrogens with zero attached hydrogens (tertiary/aromatic N) is 4. The molecule has 2 heterocycles. The number of fused-ring (bicyclic) bond motifs is 1. The Morgan fingerprint density at radius 1 is 1.29 bits per heavy atom. The van der Waals surface area contributed by atoms with Gasteiger partial charge >= 0.3 is 0 Å². The minimum atomic E-state index is -0.315. The Kier molecular flexibility index (Phi) is 8.23. The Bertz CT molecular complexity index is 1310. The molecule has 0 atom stereocenters. The Morgan fingerprint density at radius 2 is 2.09 bits per heavy atom. The molecule has 0 saturated heterocycles. The monoisotopic (exact) mass is 526 g/mol. The summed E-state index contributed by atoms with van der Waals surface area (Å²) in [6, 6.07) is 9.06. The molecular formula is C24H23ClN6O2S2. The van der Waals surface area contributed by atoms with Gasteiger partial charge in [0.1, 0.15) is 11.1 Å². The Morgan fingerprint density at radius 3 is 2.86 bits per heavy atom. The first-order valence-electron chi connectivity index (χ1n) is 11.0. The number of carbonyl (C=O) groups is 2. The summed E-state index contributed by atoms with van der Waals surface area (Å²) in [4.78, 5) is 26.3. The van der Waals surface area contributed by atoms with E-state index in [1.165, 1.54) is 28.0 Å². The summed E-state index contributed by atoms with van der Waals surface area (Å²) in [5.74, 6) is 0.108. The molecule has 35 heavy (non-hydrogen) atoms. The number of hydrogen-bond acceptors (Lipinski definition) is 7. The fourth-order valence-electron chi connectivity index (χ4n) is 3.83. The summed E-state index contributed by atoms with van der Waals surface area (Å²) in [5, 5.41) is 25.2. The van der Waals surface area contributed by atoms with Gasteiger partial charge in [0, 0.05) is 11.4 Å². The van der Waals surface area contributed by atoms with Crippen LogP contribution in [0.1, 0.15) is 45.0 Å². The minimum absolute atomic E-state index is 0.106. The van der Waals surface area contributed by atoms with Gasteiger partial charge in [-0.25, -0.2) is 0 Å². The zero-order valence-corrected chi connectivity index (χ0v) is 21.2. The summed E-state index contributed by atoms with van der Waals surface area (Å²) in [6.07, 6.45) is 5.73. The molecule has 2 aromatic heterocycles. The molecule has 0 bridgehead atoms. The van der Waals surface area contributed by atoms with Gasteiger partial charge in [-0.3, -0.25) is 9.59 Å². The molecule has 0 aliphatic heterocycles. The number of benzene rings is 1. The van der Waals surface area contributed by atoms with Crippen LogP contribution in [0.3, 0.4) is 0 Å². The van der Waals surface area contributed by atoms with Gasteiger partial charge in [0.15, 0.2) is 11.0 Å². The highest BCUT2D eigenvalue weighted by atomic mass is 35.5. The highest BCUT2D eigenvalue weighted by Gasteiger charge is 2.22. The molecule has 1 aliphatic carbocycles. The van der Waals surface area contributed by atoms with Crippen molar-refractivity contribution in [3.63, 3.8) is 0 Å². The van der Waals surface area contributed by atoms with E-state index in [0.29, 0.717) is 38.7 Å². The van der Waals surface area contributed by atoms with E-state index in [4.69, 9.17) is 11.6 Å². The highest BCUT2D eigenvalue weighted by Crippen LogP contribution is 2.37. The molecule has 8 nitrogen and oxygen atoms in total. The van der Waals surface area contributed by atoms with Crippen LogP contribution in [-0.2, 0) is 30.7 Å². The second-order valence-corrected chi connectivity index (χ2v) is 10.3. The molecule has 1 aromatic carbocycles. The molecule has 4 rings (SSSR count). The van der Waals surface area contributed by atoms with Crippen LogP contribution in [0.5, 0.6) is 0 Å². The predicted molar refractivity (Wildman–Crippen MR) is 138 cm³/mol. The number of allylic oxidation sites excluding steroid dienone is 1. The van der Waals surface area contributed by atoms with Crippen molar-refractivity contribution >= 4 is 51.5 Å². The lowest BCUT2D eigenvalue weighted by molar-refractivity contribution is -0.113. The van der Waals surface area contributed by atoms with Crippen molar-refractivity contribution < 1.29 is 9.59 Å². The van der Waals surface area contributed by atoms with Crippen molar-refractivity contribution in [2.24, 2.45) is 0 Å². The van der Waals surface area contributed by atoms with Crippen molar-refractivity contribution in [2.75, 3.05) is 11.1 Å². The lowest BCUT2D eigenvalue weighted by atomic mass is 9.96. The normalized spacial score (nSPS) is 12.5. The highest BCUT2D eigenvalue weighted by molar-refractivity contribution is 7.99. The first kappa shape index (κ1) is 25.0. The van der Waals surface area contributed by atoms with E-state index >= 15 is 0 Å². The number of thioether (sulfide) groups is 1. The Hall–Kier alpha value is -3.13. The number of carbonyl (C=O) groups excluding carboxylic acids is 2.